The third kappa shape index (κ3) is 21.4. The smallest absolute Gasteiger partial charge is 0.395 e. The van der Waals surface area contributed by atoms with Crippen molar-refractivity contribution in [3.8, 4) is 0 Å². The van der Waals surface area contributed by atoms with Gasteiger partial charge in [-0.2, -0.15) is 13.8 Å². The monoisotopic (exact) mass is 814 g/mol. The number of aliphatic hydroxyl groups is 2. The van der Waals surface area contributed by atoms with Crippen molar-refractivity contribution >= 4 is 19.5 Å². The molecule has 0 aliphatic carbocycles. The second-order valence-electron chi connectivity index (χ2n) is 14.7. The number of halogens is 2. The van der Waals surface area contributed by atoms with Gasteiger partial charge in [-0.05, 0) is 119 Å². The highest BCUT2D eigenvalue weighted by Gasteiger charge is 2.60. The zero-order valence-electron chi connectivity index (χ0n) is 34.3. The number of rotatable bonds is 22. The third-order valence-corrected chi connectivity index (χ3v) is 9.22. The minimum absolute atomic E-state index is 0.121. The van der Waals surface area contributed by atoms with Crippen molar-refractivity contribution in [2.45, 2.75) is 130 Å². The SMILES string of the molecule is CC(C)=CCC/C(C)=C/CC/C(C)=C/CC/C=C(\C)CC/C=C(\C)CCC(=O)Nc1ccn([C@@H]2O[C@H](COP(=O)(O)O)[C@@H](O)C2(F)F)c(=O)n1.CN(C)CCO. The molecule has 16 heteroatoms. The standard InChI is InChI=1S/C36H54F2N3O8P.C4H11NO/c1-25(2)12-9-15-28(5)18-10-16-26(3)13-7-8-14-27(4)17-11-19-29(6)20-21-32(42)39-31-22-23-41(35(44)40-31)34-36(37,38)33(43)30(49-34)24-48-50(45,46)47;1-5(2)3-4-6/h12-14,18-19,22-23,30,33-34,43H,7-11,15-17,20-21,24H2,1-6H3,(H2,45,46,47)(H,39,40,42,44);6H,3-4H2,1-2H3/b26-13+,27-14+,28-18+,29-19+;/t30-,33-,34-;/m1./s1. The van der Waals surface area contributed by atoms with Crippen LogP contribution in [0.4, 0.5) is 14.6 Å². The molecular formula is C40H65F2N4O9P. The molecule has 56 heavy (non-hydrogen) atoms. The van der Waals surface area contributed by atoms with Gasteiger partial charge in [-0.1, -0.05) is 58.2 Å². The summed E-state index contributed by atoms with van der Waals surface area (Å²) in [5.74, 6) is -4.57. The average molecular weight is 815 g/mol. The number of anilines is 1. The van der Waals surface area contributed by atoms with E-state index in [1.807, 2.05) is 25.9 Å². The first-order valence-corrected chi connectivity index (χ1v) is 20.5. The van der Waals surface area contributed by atoms with E-state index in [0.717, 1.165) is 75.7 Å². The van der Waals surface area contributed by atoms with Crippen LogP contribution in [0.25, 0.3) is 0 Å². The van der Waals surface area contributed by atoms with Gasteiger partial charge in [0, 0.05) is 19.2 Å². The van der Waals surface area contributed by atoms with Crippen LogP contribution in [0.1, 0.15) is 112 Å². The lowest BCUT2D eigenvalue weighted by atomic mass is 10.0. The lowest BCUT2D eigenvalue weighted by Gasteiger charge is -2.21. The number of aliphatic hydroxyl groups excluding tert-OH is 2. The fraction of sp³-hybridized carbons (Fsp3) is 0.625. The Balaban J connectivity index is 0.00000241. The predicted octanol–water partition coefficient (Wildman–Crippen LogP) is 7.38. The Labute approximate surface area is 331 Å². The maximum absolute atomic E-state index is 14.7. The average Bonchev–Trinajstić information content (AvgIpc) is 3.31. The largest absolute Gasteiger partial charge is 0.469 e. The van der Waals surface area contributed by atoms with Crippen molar-refractivity contribution in [3.63, 3.8) is 0 Å². The van der Waals surface area contributed by atoms with E-state index in [2.05, 4.69) is 79.8 Å². The number of nitrogens with one attached hydrogen (secondary N) is 1. The van der Waals surface area contributed by atoms with Gasteiger partial charge in [-0.15, -0.1) is 0 Å². The first kappa shape index (κ1) is 50.9. The maximum atomic E-state index is 14.7. The summed E-state index contributed by atoms with van der Waals surface area (Å²) in [6, 6.07) is 1.13. The molecule has 0 saturated carbocycles. The van der Waals surface area contributed by atoms with Crippen LogP contribution in [0.3, 0.4) is 0 Å². The molecule has 1 amide bonds. The molecule has 318 valence electrons. The van der Waals surface area contributed by atoms with Gasteiger partial charge in [-0.3, -0.25) is 13.9 Å². The molecule has 0 aromatic carbocycles. The van der Waals surface area contributed by atoms with Gasteiger partial charge >= 0.3 is 19.4 Å². The number of carbonyl (C=O) groups excluding carboxylic acids is 1. The number of nitrogens with zero attached hydrogens (tertiary/aromatic N) is 3. The summed E-state index contributed by atoms with van der Waals surface area (Å²) in [6.45, 7) is 12.7. The Morgan fingerprint density at radius 2 is 1.41 bits per heavy atom. The topological polar surface area (TPSA) is 184 Å². The molecule has 1 aliphatic rings. The lowest BCUT2D eigenvalue weighted by Crippen LogP contribution is -2.42. The predicted molar refractivity (Wildman–Crippen MR) is 216 cm³/mol. The quantitative estimate of drug-likeness (QED) is 0.0447. The van der Waals surface area contributed by atoms with Gasteiger partial charge in [0.25, 0.3) is 0 Å². The summed E-state index contributed by atoms with van der Waals surface area (Å²) in [5.41, 5.74) is 5.39. The zero-order chi connectivity index (χ0) is 42.5. The highest BCUT2D eigenvalue weighted by atomic mass is 31.2. The van der Waals surface area contributed by atoms with E-state index in [9.17, 15) is 28.0 Å². The number of allylic oxidation sites excluding steroid dienone is 10. The van der Waals surface area contributed by atoms with Gasteiger partial charge in [0.1, 0.15) is 11.9 Å². The number of phosphoric acid groups is 1. The molecule has 1 aliphatic heterocycles. The molecule has 0 bridgehead atoms. The molecule has 0 spiro atoms. The van der Waals surface area contributed by atoms with Crippen LogP contribution in [0.2, 0.25) is 0 Å². The fourth-order valence-corrected chi connectivity index (χ4v) is 5.74. The second-order valence-corrected chi connectivity index (χ2v) is 15.9. The van der Waals surface area contributed by atoms with Crippen LogP contribution < -0.4 is 11.0 Å². The maximum Gasteiger partial charge on any atom is 0.469 e. The Hall–Kier alpha value is -3.14. The van der Waals surface area contributed by atoms with Gasteiger partial charge in [0.15, 0.2) is 6.10 Å². The van der Waals surface area contributed by atoms with E-state index in [-0.39, 0.29) is 18.8 Å². The Kier molecular flexibility index (Phi) is 23.6. The van der Waals surface area contributed by atoms with E-state index >= 15 is 0 Å². The van der Waals surface area contributed by atoms with Crippen molar-refractivity contribution in [2.75, 3.05) is 39.2 Å². The van der Waals surface area contributed by atoms with Crippen LogP contribution in [-0.2, 0) is 18.6 Å². The number of alkyl halides is 2. The molecule has 3 atom stereocenters. The van der Waals surface area contributed by atoms with E-state index < -0.39 is 50.4 Å². The highest BCUT2D eigenvalue weighted by Crippen LogP contribution is 2.44. The molecule has 0 radical (unpaired) electrons. The van der Waals surface area contributed by atoms with Crippen molar-refractivity contribution < 1.29 is 47.4 Å². The van der Waals surface area contributed by atoms with Gasteiger partial charge in [0.2, 0.25) is 12.1 Å². The molecule has 5 N–H and O–H groups in total. The van der Waals surface area contributed by atoms with Gasteiger partial charge in [-0.25, -0.2) is 9.36 Å². The first-order chi connectivity index (χ1) is 26.2. The lowest BCUT2D eigenvalue weighted by molar-refractivity contribution is -0.140. The molecule has 1 aromatic heterocycles. The minimum Gasteiger partial charge on any atom is -0.395 e. The molecule has 2 heterocycles. The zero-order valence-corrected chi connectivity index (χ0v) is 35.2. The molecular weight excluding hydrogens is 749 g/mol. The van der Waals surface area contributed by atoms with Crippen molar-refractivity contribution in [3.05, 3.63) is 81.0 Å². The highest BCUT2D eigenvalue weighted by molar-refractivity contribution is 7.46. The summed E-state index contributed by atoms with van der Waals surface area (Å²) in [6.07, 6.45) is 14.4. The van der Waals surface area contributed by atoms with E-state index in [4.69, 9.17) is 19.6 Å². The number of amides is 1. The summed E-state index contributed by atoms with van der Waals surface area (Å²) in [5, 5.41) is 20.6. The number of aromatic nitrogens is 2. The number of hydrogen-bond donors (Lipinski definition) is 5. The normalized spacial score (nSPS) is 19.2. The van der Waals surface area contributed by atoms with Gasteiger partial charge < -0.3 is 35.0 Å². The summed E-state index contributed by atoms with van der Waals surface area (Å²) in [4.78, 5) is 48.1. The Morgan fingerprint density at radius 1 is 0.911 bits per heavy atom. The summed E-state index contributed by atoms with van der Waals surface area (Å²) >= 11 is 0. The number of phosphoric ester groups is 1. The van der Waals surface area contributed by atoms with E-state index in [1.54, 1.807) is 0 Å². The fourth-order valence-electron chi connectivity index (χ4n) is 5.40. The molecule has 1 aromatic rings. The molecule has 2 rings (SSSR count). The van der Waals surface area contributed by atoms with E-state index in [1.165, 1.54) is 22.3 Å². The second kappa shape index (κ2) is 26.0. The van der Waals surface area contributed by atoms with Crippen LogP contribution in [0, 0.1) is 0 Å². The van der Waals surface area contributed by atoms with Crippen molar-refractivity contribution in [1.82, 2.24) is 14.5 Å². The van der Waals surface area contributed by atoms with Gasteiger partial charge in [0.05, 0.1) is 13.2 Å². The van der Waals surface area contributed by atoms with Crippen molar-refractivity contribution in [2.24, 2.45) is 0 Å². The molecule has 1 saturated heterocycles. The number of unbranched alkanes of at least 4 members (excludes halogenated alkanes) is 1. The molecule has 1 fully saturated rings. The number of hydrogen-bond acceptors (Lipinski definition) is 9. The van der Waals surface area contributed by atoms with Crippen molar-refractivity contribution in [1.29, 1.82) is 0 Å². The van der Waals surface area contributed by atoms with Crippen LogP contribution >= 0.6 is 7.82 Å². The summed E-state index contributed by atoms with van der Waals surface area (Å²) in [7, 11) is -1.16. The summed E-state index contributed by atoms with van der Waals surface area (Å²) < 4.78 is 49.8. The van der Waals surface area contributed by atoms with Crippen LogP contribution in [0.5, 0.6) is 0 Å². The number of carbonyl (C=O) groups is 1. The van der Waals surface area contributed by atoms with Crippen LogP contribution in [-0.4, -0.2) is 92.3 Å². The van der Waals surface area contributed by atoms with E-state index in [0.29, 0.717) is 11.0 Å². The Bertz CT molecular complexity index is 1630. The third-order valence-electron chi connectivity index (χ3n) is 8.74. The number of likely N-dealkylation sites (N-methyl/N-ethyl adjacent to an activating group) is 1. The van der Waals surface area contributed by atoms with Crippen LogP contribution in [0.15, 0.2) is 75.3 Å². The molecule has 13 nitrogen and oxygen atoms in total. The molecule has 0 unspecified atom stereocenters. The first-order valence-electron chi connectivity index (χ1n) is 19.0. The Morgan fingerprint density at radius 3 is 1.86 bits per heavy atom. The number of ether oxygens (including phenoxy) is 1. The minimum atomic E-state index is -5.01.